The molecule has 0 saturated carbocycles. The predicted molar refractivity (Wildman–Crippen MR) is 109 cm³/mol. The molecule has 0 spiro atoms. The first-order chi connectivity index (χ1) is 15.9. The van der Waals surface area contributed by atoms with E-state index >= 15 is 0 Å². The van der Waals surface area contributed by atoms with E-state index in [2.05, 4.69) is 21.8 Å². The maximum absolute atomic E-state index is 13.2. The first-order valence-corrected chi connectivity index (χ1v) is 9.58. The van der Waals surface area contributed by atoms with Gasteiger partial charge in [0.2, 0.25) is 5.96 Å². The average Bonchev–Trinajstić information content (AvgIpc) is 2.70. The van der Waals surface area contributed by atoms with Crippen LogP contribution < -0.4 is 5.84 Å². The van der Waals surface area contributed by atoms with Gasteiger partial charge in [0.1, 0.15) is 5.15 Å². The third kappa shape index (κ3) is 7.71. The highest BCUT2D eigenvalue weighted by Crippen LogP contribution is 2.37. The summed E-state index contributed by atoms with van der Waals surface area (Å²) < 4.78 is 119. The van der Waals surface area contributed by atoms with Crippen LogP contribution in [0.15, 0.2) is 40.6 Å². The van der Waals surface area contributed by atoms with Crippen molar-refractivity contribution in [3.63, 3.8) is 0 Å². The maximum Gasteiger partial charge on any atom is 0.417 e. The lowest BCUT2D eigenvalue weighted by molar-refractivity contribution is -0.143. The zero-order valence-corrected chi connectivity index (χ0v) is 18.4. The highest BCUT2D eigenvalue weighted by atomic mass is 35.5. The molecule has 1 aromatic carbocycles. The van der Waals surface area contributed by atoms with E-state index in [9.17, 15) is 39.5 Å². The second kappa shape index (κ2) is 10.3. The van der Waals surface area contributed by atoms with Gasteiger partial charge in [-0.25, -0.2) is 20.9 Å². The SMILES string of the molecule is C=N/C(=N\N(C)N)N(Cc1cc(C(F)(F)F)cc(C(F)(F)F)c1)Cc1cc(C(F)(F)F)cnc1Cl. The van der Waals surface area contributed by atoms with E-state index in [0.29, 0.717) is 29.5 Å². The molecular weight excluding hydrogens is 519 g/mol. The Hall–Kier alpha value is -3.07. The second-order valence-electron chi connectivity index (χ2n) is 7.07. The van der Waals surface area contributed by atoms with Crippen molar-refractivity contribution in [1.82, 2.24) is 15.0 Å². The number of hydrogen-bond donors (Lipinski definition) is 1. The monoisotopic (exact) mass is 534 g/mol. The molecule has 192 valence electrons. The van der Waals surface area contributed by atoms with Crippen LogP contribution >= 0.6 is 11.6 Å². The number of benzene rings is 1. The van der Waals surface area contributed by atoms with E-state index in [1.54, 1.807) is 0 Å². The average molecular weight is 535 g/mol. The lowest BCUT2D eigenvalue weighted by Gasteiger charge is -2.26. The lowest BCUT2D eigenvalue weighted by Crippen LogP contribution is -2.33. The second-order valence-corrected chi connectivity index (χ2v) is 7.43. The number of hydrazone groups is 1. The maximum atomic E-state index is 13.2. The van der Waals surface area contributed by atoms with E-state index in [1.807, 2.05) is 0 Å². The number of pyridine rings is 1. The van der Waals surface area contributed by atoms with Crippen molar-refractivity contribution in [1.29, 1.82) is 0 Å². The number of hydrogen-bond acceptors (Lipinski definition) is 4. The summed E-state index contributed by atoms with van der Waals surface area (Å²) in [7, 11) is 1.22. The van der Waals surface area contributed by atoms with Gasteiger partial charge in [0.15, 0.2) is 0 Å². The van der Waals surface area contributed by atoms with E-state index < -0.39 is 65.0 Å². The number of alkyl halides is 9. The molecule has 0 aliphatic rings. The van der Waals surface area contributed by atoms with Gasteiger partial charge in [0, 0.05) is 31.9 Å². The van der Waals surface area contributed by atoms with Gasteiger partial charge in [-0.3, -0.25) is 0 Å². The summed E-state index contributed by atoms with van der Waals surface area (Å²) in [5, 5.41) is 4.03. The Bertz CT molecular complexity index is 1060. The molecule has 0 radical (unpaired) electrons. The molecule has 0 bridgehead atoms. The zero-order valence-electron chi connectivity index (χ0n) is 17.6. The highest BCUT2D eigenvalue weighted by Gasteiger charge is 2.37. The fourth-order valence-corrected chi connectivity index (χ4v) is 2.99. The number of nitrogens with zero attached hydrogens (tertiary/aromatic N) is 5. The Morgan fingerprint density at radius 3 is 1.86 bits per heavy atom. The van der Waals surface area contributed by atoms with Gasteiger partial charge in [-0.05, 0) is 36.5 Å². The molecule has 35 heavy (non-hydrogen) atoms. The minimum atomic E-state index is -5.11. The summed E-state index contributed by atoms with van der Waals surface area (Å²) >= 11 is 5.89. The van der Waals surface area contributed by atoms with Crippen molar-refractivity contribution in [2.75, 3.05) is 7.05 Å². The molecule has 16 heteroatoms. The van der Waals surface area contributed by atoms with Crippen LogP contribution in [0.1, 0.15) is 27.8 Å². The fraction of sp³-hybridized carbons (Fsp3) is 0.316. The first-order valence-electron chi connectivity index (χ1n) is 9.20. The van der Waals surface area contributed by atoms with Crippen LogP contribution in [0.2, 0.25) is 5.15 Å². The number of rotatable bonds is 5. The van der Waals surface area contributed by atoms with Gasteiger partial charge in [-0.1, -0.05) is 11.6 Å². The van der Waals surface area contributed by atoms with Crippen LogP contribution in [-0.4, -0.2) is 34.7 Å². The molecule has 1 heterocycles. The van der Waals surface area contributed by atoms with Crippen LogP contribution in [0.4, 0.5) is 39.5 Å². The summed E-state index contributed by atoms with van der Waals surface area (Å²) in [6, 6.07) is 1.49. The van der Waals surface area contributed by atoms with Gasteiger partial charge in [0.05, 0.1) is 16.7 Å². The molecule has 0 fully saturated rings. The Kier molecular flexibility index (Phi) is 8.27. The van der Waals surface area contributed by atoms with E-state index in [-0.39, 0.29) is 11.6 Å². The molecule has 0 atom stereocenters. The quantitative estimate of drug-likeness (QED) is 0.136. The van der Waals surface area contributed by atoms with Gasteiger partial charge in [0.25, 0.3) is 0 Å². The summed E-state index contributed by atoms with van der Waals surface area (Å²) in [4.78, 5) is 7.92. The minimum absolute atomic E-state index is 0.0597. The fourth-order valence-electron chi connectivity index (χ4n) is 2.83. The number of aromatic nitrogens is 1. The van der Waals surface area contributed by atoms with Crippen LogP contribution in [-0.2, 0) is 31.6 Å². The third-order valence-electron chi connectivity index (χ3n) is 4.29. The molecule has 6 nitrogen and oxygen atoms in total. The van der Waals surface area contributed by atoms with Crippen molar-refractivity contribution in [2.45, 2.75) is 31.6 Å². The van der Waals surface area contributed by atoms with Crippen molar-refractivity contribution in [3.8, 4) is 0 Å². The van der Waals surface area contributed by atoms with Gasteiger partial charge in [-0.2, -0.15) is 39.5 Å². The Morgan fingerprint density at radius 1 is 0.914 bits per heavy atom. The predicted octanol–water partition coefficient (Wildman–Crippen LogP) is 5.57. The molecule has 0 unspecified atom stereocenters. The Balaban J connectivity index is 2.62. The van der Waals surface area contributed by atoms with E-state index in [0.717, 1.165) is 4.90 Å². The molecule has 2 rings (SSSR count). The highest BCUT2D eigenvalue weighted by molar-refractivity contribution is 6.30. The molecule has 2 aromatic rings. The lowest BCUT2D eigenvalue weighted by atomic mass is 10.0. The van der Waals surface area contributed by atoms with Gasteiger partial charge < -0.3 is 4.90 Å². The Morgan fingerprint density at radius 2 is 1.43 bits per heavy atom. The smallest absolute Gasteiger partial charge is 0.331 e. The summed E-state index contributed by atoms with van der Waals surface area (Å²) in [6.45, 7) is 1.90. The van der Waals surface area contributed by atoms with Crippen molar-refractivity contribution in [2.24, 2.45) is 15.9 Å². The molecule has 0 saturated heterocycles. The molecular formula is C19H16ClF9N6. The minimum Gasteiger partial charge on any atom is -0.331 e. The van der Waals surface area contributed by atoms with Crippen molar-refractivity contribution < 1.29 is 39.5 Å². The topological polar surface area (TPSA) is 70.1 Å². The Labute approximate surface area is 197 Å². The normalized spacial score (nSPS) is 13.1. The number of nitrogens with two attached hydrogens (primary N) is 1. The molecule has 0 aliphatic heterocycles. The van der Waals surface area contributed by atoms with Crippen LogP contribution in [0.5, 0.6) is 0 Å². The third-order valence-corrected chi connectivity index (χ3v) is 4.63. The summed E-state index contributed by atoms with van der Waals surface area (Å²) in [6.07, 6.45) is -14.6. The van der Waals surface area contributed by atoms with Gasteiger partial charge in [-0.15, -0.1) is 5.10 Å². The summed E-state index contributed by atoms with van der Waals surface area (Å²) in [5.41, 5.74) is -5.11. The largest absolute Gasteiger partial charge is 0.417 e. The number of aliphatic imine (C=N–C) groups is 1. The first kappa shape index (κ1) is 28.2. The summed E-state index contributed by atoms with van der Waals surface area (Å²) in [5.74, 6) is 4.99. The molecule has 2 N–H and O–H groups in total. The van der Waals surface area contributed by atoms with Crippen LogP contribution in [0, 0.1) is 0 Å². The number of guanidine groups is 1. The zero-order chi connectivity index (χ0) is 26.8. The molecule has 1 aromatic heterocycles. The number of halogens is 10. The molecule has 0 amide bonds. The van der Waals surface area contributed by atoms with Crippen molar-refractivity contribution >= 4 is 24.3 Å². The molecule has 0 aliphatic carbocycles. The van der Waals surface area contributed by atoms with Crippen LogP contribution in [0.25, 0.3) is 0 Å². The van der Waals surface area contributed by atoms with Crippen molar-refractivity contribution in [3.05, 3.63) is 63.4 Å². The van der Waals surface area contributed by atoms with E-state index in [1.165, 1.54) is 7.05 Å². The number of hydrazine groups is 1. The van der Waals surface area contributed by atoms with Crippen LogP contribution in [0.3, 0.4) is 0 Å². The van der Waals surface area contributed by atoms with Gasteiger partial charge >= 0.3 is 18.5 Å². The standard InChI is InChI=1S/C19H16ClF9N6/c1-31-16(33-34(2)30)35(9-11-5-14(19(27,28)29)7-32-15(11)20)8-10-3-12(17(21,22)23)6-13(4-10)18(24,25)26/h3-7H,1,8-9,30H2,2H3/b33-16+. The van der Waals surface area contributed by atoms with E-state index in [4.69, 9.17) is 17.4 Å².